The van der Waals surface area contributed by atoms with Crippen LogP contribution in [0, 0.1) is 0 Å². The Morgan fingerprint density at radius 2 is 2.08 bits per heavy atom. The van der Waals surface area contributed by atoms with E-state index in [1.807, 2.05) is 31.3 Å². The van der Waals surface area contributed by atoms with Crippen molar-refractivity contribution in [2.45, 2.75) is 0 Å². The van der Waals surface area contributed by atoms with Crippen molar-refractivity contribution in [1.29, 1.82) is 0 Å². The second-order valence-corrected chi connectivity index (χ2v) is 3.64. The van der Waals surface area contributed by atoms with Crippen molar-refractivity contribution < 1.29 is 4.74 Å². The smallest absolute Gasteiger partial charge is 0.467 e. The van der Waals surface area contributed by atoms with E-state index in [0.29, 0.717) is 0 Å². The highest BCUT2D eigenvalue weighted by Gasteiger charge is 2.14. The van der Waals surface area contributed by atoms with Crippen LogP contribution in [-0.4, -0.2) is 19.8 Å². The lowest BCUT2D eigenvalue weighted by atomic mass is 10.2. The van der Waals surface area contributed by atoms with Crippen molar-refractivity contribution in [3.63, 3.8) is 0 Å². The molecule has 0 radical (unpaired) electrons. The molecule has 13 heavy (non-hydrogen) atoms. The predicted molar refractivity (Wildman–Crippen MR) is 58.9 cm³/mol. The second-order valence-electron chi connectivity index (χ2n) is 2.59. The van der Waals surface area contributed by atoms with Crippen molar-refractivity contribution in [3.8, 4) is 5.75 Å². The summed E-state index contributed by atoms with van der Waals surface area (Å²) in [6, 6.07) is 7.55. The molecule has 0 bridgehead atoms. The molecule has 0 aliphatic carbocycles. The van der Waals surface area contributed by atoms with Crippen LogP contribution in [0.2, 0.25) is 0 Å². The van der Waals surface area contributed by atoms with E-state index in [9.17, 15) is 0 Å². The molecule has 0 amide bonds. The van der Waals surface area contributed by atoms with Crippen molar-refractivity contribution in [1.82, 2.24) is 0 Å². The largest absolute Gasteiger partial charge is 0.497 e. The summed E-state index contributed by atoms with van der Waals surface area (Å²) in [5.74, 6) is 0.790. The quantitative estimate of drug-likeness (QED) is 0.722. The van der Waals surface area contributed by atoms with Gasteiger partial charge in [0.2, 0.25) is 0 Å². The van der Waals surface area contributed by atoms with Crippen molar-refractivity contribution in [3.05, 3.63) is 24.3 Å². The van der Waals surface area contributed by atoms with Crippen LogP contribution in [0.15, 0.2) is 24.3 Å². The minimum atomic E-state index is -0.549. The van der Waals surface area contributed by atoms with Gasteiger partial charge in [-0.05, 0) is 19.2 Å². The first-order valence-corrected chi connectivity index (χ1v) is 4.67. The highest BCUT2D eigenvalue weighted by atomic mass is 35.5. The number of anilines is 1. The maximum atomic E-state index is 5.71. The number of hydrogen-bond donors (Lipinski definition) is 0. The summed E-state index contributed by atoms with van der Waals surface area (Å²) in [5.41, 5.74) is 0.376. The van der Waals surface area contributed by atoms with Crippen LogP contribution < -0.4 is 9.55 Å². The highest BCUT2D eigenvalue weighted by molar-refractivity contribution is 7.35. The maximum Gasteiger partial charge on any atom is 0.467 e. The van der Waals surface area contributed by atoms with Gasteiger partial charge in [0, 0.05) is 11.8 Å². The zero-order valence-electron chi connectivity index (χ0n) is 7.50. The molecule has 2 nitrogen and oxygen atoms in total. The Hall–Kier alpha value is -0.535. The van der Waals surface area contributed by atoms with Gasteiger partial charge in [0.1, 0.15) is 5.75 Å². The van der Waals surface area contributed by atoms with Crippen molar-refractivity contribution >= 4 is 34.3 Å². The monoisotopic (exact) mass is 217 g/mol. The summed E-state index contributed by atoms with van der Waals surface area (Å²) >= 11 is 11.4. The molecular weight excluding hydrogens is 208 g/mol. The zero-order valence-corrected chi connectivity index (χ0v) is 9.01. The zero-order chi connectivity index (χ0) is 9.84. The van der Waals surface area contributed by atoms with Gasteiger partial charge in [0.15, 0.2) is 0 Å². The molecule has 0 atom stereocenters. The highest BCUT2D eigenvalue weighted by Crippen LogP contribution is 2.22. The molecule has 0 N–H and O–H groups in total. The van der Waals surface area contributed by atoms with Crippen LogP contribution in [0.5, 0.6) is 5.75 Å². The Balaban J connectivity index is 2.88. The average Bonchev–Trinajstić information content (AvgIpc) is 2.16. The van der Waals surface area contributed by atoms with Crippen molar-refractivity contribution in [2.24, 2.45) is 0 Å². The van der Waals surface area contributed by atoms with Crippen LogP contribution in [0.25, 0.3) is 0 Å². The molecule has 5 heteroatoms. The van der Waals surface area contributed by atoms with E-state index in [1.54, 1.807) is 11.9 Å². The summed E-state index contributed by atoms with van der Waals surface area (Å²) < 4.78 is 5.07. The molecular formula is C8H10BCl2NO. The third-order valence-corrected chi connectivity index (χ3v) is 2.34. The fourth-order valence-electron chi connectivity index (χ4n) is 0.943. The van der Waals surface area contributed by atoms with Crippen LogP contribution >= 0.6 is 22.9 Å². The third kappa shape index (κ3) is 2.71. The van der Waals surface area contributed by atoms with E-state index < -0.39 is 5.68 Å². The summed E-state index contributed by atoms with van der Waals surface area (Å²) in [5, 5.41) is 0. The summed E-state index contributed by atoms with van der Waals surface area (Å²) in [7, 11) is 3.44. The average molecular weight is 218 g/mol. The molecule has 70 valence electrons. The summed E-state index contributed by atoms with van der Waals surface area (Å²) in [4.78, 5) is 1.74. The number of ether oxygens (including phenoxy) is 1. The molecule has 0 aliphatic rings. The molecule has 0 aliphatic heterocycles. The SMILES string of the molecule is COc1cccc(N(C)B(Cl)Cl)c1. The van der Waals surface area contributed by atoms with E-state index in [1.165, 1.54) is 0 Å². The van der Waals surface area contributed by atoms with E-state index in [-0.39, 0.29) is 0 Å². The first kappa shape index (κ1) is 10.5. The molecule has 0 aromatic heterocycles. The first-order valence-electron chi connectivity index (χ1n) is 3.80. The molecule has 1 rings (SSSR count). The lowest BCUT2D eigenvalue weighted by Crippen LogP contribution is -2.25. The van der Waals surface area contributed by atoms with Crippen LogP contribution in [0.3, 0.4) is 0 Å². The van der Waals surface area contributed by atoms with Gasteiger partial charge in [-0.15, -0.1) is 22.9 Å². The van der Waals surface area contributed by atoms with Gasteiger partial charge < -0.3 is 9.55 Å². The van der Waals surface area contributed by atoms with Crippen LogP contribution in [0.4, 0.5) is 5.69 Å². The maximum absolute atomic E-state index is 5.71. The standard InChI is InChI=1S/C8H10BCl2NO/c1-12(9(10)11)7-4-3-5-8(6-7)13-2/h3-6H,1-2H3. The Morgan fingerprint density at radius 3 is 2.62 bits per heavy atom. The Morgan fingerprint density at radius 1 is 1.38 bits per heavy atom. The normalized spacial score (nSPS) is 9.54. The van der Waals surface area contributed by atoms with Gasteiger partial charge in [-0.3, -0.25) is 0 Å². The fraction of sp³-hybridized carbons (Fsp3) is 0.250. The minimum Gasteiger partial charge on any atom is -0.497 e. The lowest BCUT2D eigenvalue weighted by molar-refractivity contribution is 0.415. The van der Waals surface area contributed by atoms with Crippen LogP contribution in [-0.2, 0) is 0 Å². The molecule has 0 unspecified atom stereocenters. The number of hydrogen-bond acceptors (Lipinski definition) is 2. The third-order valence-electron chi connectivity index (χ3n) is 1.75. The molecule has 0 saturated heterocycles. The molecule has 0 spiro atoms. The molecule has 0 fully saturated rings. The Kier molecular flexibility index (Phi) is 3.76. The summed E-state index contributed by atoms with van der Waals surface area (Å²) in [6.45, 7) is 0. The number of benzene rings is 1. The second kappa shape index (κ2) is 4.63. The number of halogens is 2. The minimum absolute atomic E-state index is 0.549. The topological polar surface area (TPSA) is 12.5 Å². The van der Waals surface area contributed by atoms with Gasteiger partial charge in [-0.2, -0.15) is 0 Å². The Labute approximate surface area is 88.3 Å². The van der Waals surface area contributed by atoms with E-state index in [0.717, 1.165) is 11.4 Å². The molecule has 0 saturated carbocycles. The van der Waals surface area contributed by atoms with Gasteiger partial charge >= 0.3 is 5.68 Å². The van der Waals surface area contributed by atoms with Crippen molar-refractivity contribution in [2.75, 3.05) is 19.0 Å². The summed E-state index contributed by atoms with van der Waals surface area (Å²) in [6.07, 6.45) is 0. The molecule has 1 aromatic rings. The van der Waals surface area contributed by atoms with Gasteiger partial charge in [0.05, 0.1) is 7.11 Å². The van der Waals surface area contributed by atoms with Gasteiger partial charge in [0.25, 0.3) is 0 Å². The van der Waals surface area contributed by atoms with Gasteiger partial charge in [-0.25, -0.2) is 0 Å². The number of rotatable bonds is 3. The molecule has 1 aromatic carbocycles. The van der Waals surface area contributed by atoms with E-state index in [2.05, 4.69) is 0 Å². The number of nitrogens with zero attached hydrogens (tertiary/aromatic N) is 1. The van der Waals surface area contributed by atoms with Crippen LogP contribution in [0.1, 0.15) is 0 Å². The van der Waals surface area contributed by atoms with E-state index in [4.69, 9.17) is 27.7 Å². The first-order chi connectivity index (χ1) is 6.15. The Bertz CT molecular complexity index is 283. The number of methoxy groups -OCH3 is 1. The fourth-order valence-corrected chi connectivity index (χ4v) is 1.17. The van der Waals surface area contributed by atoms with E-state index >= 15 is 0 Å². The van der Waals surface area contributed by atoms with Gasteiger partial charge in [-0.1, -0.05) is 6.07 Å². The lowest BCUT2D eigenvalue weighted by Gasteiger charge is -2.18. The molecule has 0 heterocycles. The predicted octanol–water partition coefficient (Wildman–Crippen LogP) is 2.59.